The van der Waals surface area contributed by atoms with Crippen molar-refractivity contribution in [2.45, 2.75) is 25.4 Å². The van der Waals surface area contributed by atoms with Crippen molar-refractivity contribution in [1.29, 1.82) is 0 Å². The molecule has 4 rings (SSSR count). The largest absolute Gasteiger partial charge is 0.439 e. The number of carbonyl (C=O) groups is 2. The normalized spacial score (nSPS) is 23.6. The van der Waals surface area contributed by atoms with E-state index in [1.54, 1.807) is 22.9 Å². The second kappa shape index (κ2) is 5.47. The topological polar surface area (TPSA) is 65.6 Å². The van der Waals surface area contributed by atoms with Gasteiger partial charge in [0.15, 0.2) is 0 Å². The molecule has 6 nitrogen and oxygen atoms in total. The summed E-state index contributed by atoms with van der Waals surface area (Å²) in [6.45, 7) is 3.30. The van der Waals surface area contributed by atoms with Crippen molar-refractivity contribution in [2.75, 3.05) is 26.7 Å². The number of benzene rings is 1. The second-order valence-electron chi connectivity index (χ2n) is 7.05. The van der Waals surface area contributed by atoms with E-state index in [1.807, 2.05) is 6.92 Å². The number of piperidine rings is 1. The lowest BCUT2D eigenvalue weighted by Gasteiger charge is -2.38. The van der Waals surface area contributed by atoms with Crippen LogP contribution in [-0.2, 0) is 4.74 Å². The summed E-state index contributed by atoms with van der Waals surface area (Å²) < 4.78 is 19.0. The zero-order valence-electron chi connectivity index (χ0n) is 14.3. The molecule has 1 unspecified atom stereocenters. The van der Waals surface area contributed by atoms with Gasteiger partial charge >= 0.3 is 6.09 Å². The van der Waals surface area contributed by atoms with Gasteiger partial charge in [0, 0.05) is 24.5 Å². The molecule has 3 heterocycles. The number of aryl methyl sites for hydroxylation is 1. The van der Waals surface area contributed by atoms with E-state index in [4.69, 9.17) is 4.74 Å². The first kappa shape index (κ1) is 15.9. The molecule has 25 heavy (non-hydrogen) atoms. The fraction of sp³-hybridized carbons (Fsp3) is 0.444. The number of fused-ring (bicyclic) bond motifs is 1. The van der Waals surface area contributed by atoms with Crippen LogP contribution in [0.25, 0.3) is 10.9 Å². The Kier molecular flexibility index (Phi) is 3.49. The molecule has 0 radical (unpaired) electrons. The molecule has 2 aliphatic rings. The van der Waals surface area contributed by atoms with Crippen LogP contribution in [0, 0.1) is 12.7 Å². The van der Waals surface area contributed by atoms with Gasteiger partial charge in [-0.3, -0.25) is 4.79 Å². The van der Waals surface area contributed by atoms with Gasteiger partial charge in [-0.05, 0) is 43.5 Å². The fourth-order valence-corrected chi connectivity index (χ4v) is 3.95. The van der Waals surface area contributed by atoms with Crippen molar-refractivity contribution < 1.29 is 18.7 Å². The Morgan fingerprint density at radius 2 is 2.16 bits per heavy atom. The summed E-state index contributed by atoms with van der Waals surface area (Å²) in [5.41, 5.74) is 1.32. The molecule has 0 bridgehead atoms. The lowest BCUT2D eigenvalue weighted by molar-refractivity contribution is -0.00540. The average Bonchev–Trinajstić information content (AvgIpc) is 3.04. The van der Waals surface area contributed by atoms with Crippen LogP contribution in [-0.4, -0.2) is 59.1 Å². The highest BCUT2D eigenvalue weighted by molar-refractivity contribution is 6.01. The van der Waals surface area contributed by atoms with Gasteiger partial charge in [-0.1, -0.05) is 0 Å². The maximum Gasteiger partial charge on any atom is 0.410 e. The number of carbonyl (C=O) groups excluding carboxylic acids is 2. The number of likely N-dealkylation sites (N-methyl/N-ethyl adjacent to an activating group) is 1. The molecule has 1 spiro atoms. The average molecular weight is 345 g/mol. The van der Waals surface area contributed by atoms with Crippen LogP contribution in [0.5, 0.6) is 0 Å². The molecule has 7 heteroatoms. The summed E-state index contributed by atoms with van der Waals surface area (Å²) in [5.74, 6) is -0.467. The van der Waals surface area contributed by atoms with E-state index in [9.17, 15) is 14.0 Å². The Balaban J connectivity index is 1.63. The van der Waals surface area contributed by atoms with Crippen molar-refractivity contribution in [2.24, 2.45) is 0 Å². The summed E-state index contributed by atoms with van der Waals surface area (Å²) in [4.78, 5) is 31.2. The Labute approximate surface area is 144 Å². The molecular weight excluding hydrogens is 325 g/mol. The van der Waals surface area contributed by atoms with Gasteiger partial charge in [0.1, 0.15) is 17.1 Å². The fourth-order valence-electron chi connectivity index (χ4n) is 3.95. The number of amides is 2. The summed E-state index contributed by atoms with van der Waals surface area (Å²) in [6, 6.07) is 4.44. The third kappa shape index (κ3) is 2.54. The van der Waals surface area contributed by atoms with E-state index in [1.165, 1.54) is 12.1 Å². The first-order valence-corrected chi connectivity index (χ1v) is 8.40. The zero-order valence-corrected chi connectivity index (χ0v) is 14.3. The highest BCUT2D eigenvalue weighted by atomic mass is 19.1. The molecule has 2 aromatic rings. The van der Waals surface area contributed by atoms with E-state index in [0.29, 0.717) is 30.7 Å². The van der Waals surface area contributed by atoms with Crippen LogP contribution in [0.2, 0.25) is 0 Å². The number of H-pyrrole nitrogens is 1. The number of likely N-dealkylation sites (tertiary alicyclic amines) is 1. The van der Waals surface area contributed by atoms with Gasteiger partial charge < -0.3 is 19.5 Å². The number of hydrogen-bond acceptors (Lipinski definition) is 3. The first-order chi connectivity index (χ1) is 11.9. The van der Waals surface area contributed by atoms with Crippen LogP contribution in [0.3, 0.4) is 0 Å². The Morgan fingerprint density at radius 3 is 2.88 bits per heavy atom. The van der Waals surface area contributed by atoms with Crippen LogP contribution in [0.15, 0.2) is 18.2 Å². The van der Waals surface area contributed by atoms with Crippen LogP contribution >= 0.6 is 0 Å². The van der Waals surface area contributed by atoms with E-state index < -0.39 is 5.60 Å². The van der Waals surface area contributed by atoms with Crippen molar-refractivity contribution >= 4 is 22.9 Å². The van der Waals surface area contributed by atoms with Gasteiger partial charge in [0.05, 0.1) is 13.1 Å². The predicted octanol–water partition coefficient (Wildman–Crippen LogP) is 2.67. The molecule has 0 aliphatic carbocycles. The standard InChI is InChI=1S/C18H20FN3O3/c1-11-13-8-12(19)4-5-14(13)20-15(11)16(23)22-7-3-6-18(10-22)9-21(2)17(24)25-18/h4-5,8,20H,3,6-7,9-10H2,1-2H3. The molecule has 1 N–H and O–H groups in total. The second-order valence-corrected chi connectivity index (χ2v) is 7.05. The molecule has 0 saturated carbocycles. The molecule has 2 amide bonds. The molecule has 1 aromatic carbocycles. The Morgan fingerprint density at radius 1 is 1.36 bits per heavy atom. The third-order valence-corrected chi connectivity index (χ3v) is 5.20. The van der Waals surface area contributed by atoms with E-state index in [-0.39, 0.29) is 17.8 Å². The third-order valence-electron chi connectivity index (χ3n) is 5.20. The van der Waals surface area contributed by atoms with Crippen LogP contribution in [0.4, 0.5) is 9.18 Å². The molecule has 1 aromatic heterocycles. The number of aromatic nitrogens is 1. The highest BCUT2D eigenvalue weighted by Gasteiger charge is 2.47. The minimum Gasteiger partial charge on any atom is -0.439 e. The molecule has 132 valence electrons. The van der Waals surface area contributed by atoms with Gasteiger partial charge in [0.25, 0.3) is 5.91 Å². The van der Waals surface area contributed by atoms with Crippen molar-refractivity contribution in [1.82, 2.24) is 14.8 Å². The molecule has 2 saturated heterocycles. The number of nitrogens with one attached hydrogen (secondary N) is 1. The minimum absolute atomic E-state index is 0.140. The van der Waals surface area contributed by atoms with Crippen LogP contribution in [0.1, 0.15) is 28.9 Å². The zero-order chi connectivity index (χ0) is 17.8. The number of nitrogens with zero attached hydrogens (tertiary/aromatic N) is 2. The van der Waals surface area contributed by atoms with Crippen molar-refractivity contribution in [3.63, 3.8) is 0 Å². The highest BCUT2D eigenvalue weighted by Crippen LogP contribution is 2.32. The maximum atomic E-state index is 13.5. The summed E-state index contributed by atoms with van der Waals surface area (Å²) in [6.07, 6.45) is 1.19. The van der Waals surface area contributed by atoms with E-state index >= 15 is 0 Å². The van der Waals surface area contributed by atoms with Crippen molar-refractivity contribution in [3.8, 4) is 0 Å². The summed E-state index contributed by atoms with van der Waals surface area (Å²) in [7, 11) is 1.70. The SMILES string of the molecule is Cc1c(C(=O)N2CCCC3(CN(C)C(=O)O3)C2)[nH]c2ccc(F)cc12. The summed E-state index contributed by atoms with van der Waals surface area (Å²) in [5, 5.41) is 0.710. The van der Waals surface area contributed by atoms with E-state index in [0.717, 1.165) is 23.9 Å². The molecule has 1 atom stereocenters. The molecule has 2 aliphatic heterocycles. The number of ether oxygens (including phenoxy) is 1. The Hall–Kier alpha value is -2.57. The smallest absolute Gasteiger partial charge is 0.410 e. The first-order valence-electron chi connectivity index (χ1n) is 8.40. The number of hydrogen-bond donors (Lipinski definition) is 1. The number of rotatable bonds is 1. The predicted molar refractivity (Wildman–Crippen MR) is 90.0 cm³/mol. The van der Waals surface area contributed by atoms with Gasteiger partial charge in [-0.25, -0.2) is 9.18 Å². The number of halogens is 1. The van der Waals surface area contributed by atoms with E-state index in [2.05, 4.69) is 4.98 Å². The van der Waals surface area contributed by atoms with Crippen molar-refractivity contribution in [3.05, 3.63) is 35.3 Å². The monoisotopic (exact) mass is 345 g/mol. The minimum atomic E-state index is -0.619. The van der Waals surface area contributed by atoms with Gasteiger partial charge in [-0.15, -0.1) is 0 Å². The lowest BCUT2D eigenvalue weighted by atomic mass is 9.92. The quantitative estimate of drug-likeness (QED) is 0.864. The van der Waals surface area contributed by atoms with Crippen LogP contribution < -0.4 is 0 Å². The van der Waals surface area contributed by atoms with Gasteiger partial charge in [-0.2, -0.15) is 0 Å². The lowest BCUT2D eigenvalue weighted by Crippen LogP contribution is -2.52. The molecule has 2 fully saturated rings. The number of aromatic amines is 1. The molecular formula is C18H20FN3O3. The Bertz CT molecular complexity index is 878. The van der Waals surface area contributed by atoms with Gasteiger partial charge in [0.2, 0.25) is 0 Å². The summed E-state index contributed by atoms with van der Waals surface area (Å²) >= 11 is 0. The maximum absolute atomic E-state index is 13.5.